The molecule has 0 atom stereocenters. The lowest BCUT2D eigenvalue weighted by Gasteiger charge is -2.17. The first kappa shape index (κ1) is 17.7. The van der Waals surface area contributed by atoms with Crippen LogP contribution in [0.5, 0.6) is 0 Å². The van der Waals surface area contributed by atoms with Gasteiger partial charge < -0.3 is 4.90 Å². The van der Waals surface area contributed by atoms with Crippen molar-refractivity contribution < 1.29 is 0 Å². The third-order valence-electron chi connectivity index (χ3n) is 4.42. The van der Waals surface area contributed by atoms with Gasteiger partial charge in [0.05, 0.1) is 0 Å². The second-order valence-corrected chi connectivity index (χ2v) is 7.02. The monoisotopic (exact) mass is 309 g/mol. The van der Waals surface area contributed by atoms with Gasteiger partial charge in [-0.25, -0.2) is 0 Å². The van der Waals surface area contributed by atoms with Gasteiger partial charge in [0.25, 0.3) is 0 Å². The fourth-order valence-electron chi connectivity index (χ4n) is 2.90. The fourth-order valence-corrected chi connectivity index (χ4v) is 2.90. The SMILES string of the molecule is CCc1ccc(-c2ccc(CN(C)CCCC(C)C)cc2)cc1. The highest BCUT2D eigenvalue weighted by Crippen LogP contribution is 2.21. The van der Waals surface area contributed by atoms with Crippen LogP contribution in [0, 0.1) is 5.92 Å². The number of rotatable bonds is 8. The molecule has 0 aromatic heterocycles. The molecule has 0 aliphatic carbocycles. The van der Waals surface area contributed by atoms with Crippen LogP contribution in [-0.4, -0.2) is 18.5 Å². The largest absolute Gasteiger partial charge is 0.302 e. The molecule has 0 radical (unpaired) electrons. The molecule has 23 heavy (non-hydrogen) atoms. The van der Waals surface area contributed by atoms with E-state index in [1.54, 1.807) is 0 Å². The molecule has 1 heteroatoms. The van der Waals surface area contributed by atoms with Crippen LogP contribution in [0.15, 0.2) is 48.5 Å². The summed E-state index contributed by atoms with van der Waals surface area (Å²) >= 11 is 0. The van der Waals surface area contributed by atoms with Crippen LogP contribution in [0.4, 0.5) is 0 Å². The zero-order valence-corrected chi connectivity index (χ0v) is 15.2. The molecule has 0 heterocycles. The molecule has 0 aliphatic rings. The lowest BCUT2D eigenvalue weighted by Crippen LogP contribution is -2.19. The Labute approximate surface area is 142 Å². The van der Waals surface area contributed by atoms with Crippen molar-refractivity contribution in [1.82, 2.24) is 4.90 Å². The van der Waals surface area contributed by atoms with Crippen LogP contribution in [-0.2, 0) is 13.0 Å². The first-order valence-electron chi connectivity index (χ1n) is 8.95. The molecular weight excluding hydrogens is 278 g/mol. The van der Waals surface area contributed by atoms with E-state index >= 15 is 0 Å². The van der Waals surface area contributed by atoms with Crippen molar-refractivity contribution in [2.45, 2.75) is 46.6 Å². The normalized spacial score (nSPS) is 11.4. The number of nitrogens with zero attached hydrogens (tertiary/aromatic N) is 1. The van der Waals surface area contributed by atoms with Crippen molar-refractivity contribution in [3.63, 3.8) is 0 Å². The highest BCUT2D eigenvalue weighted by atomic mass is 15.1. The Bertz CT molecular complexity index is 566. The second-order valence-electron chi connectivity index (χ2n) is 7.02. The average Bonchev–Trinajstić information content (AvgIpc) is 2.55. The summed E-state index contributed by atoms with van der Waals surface area (Å²) in [5, 5.41) is 0. The van der Waals surface area contributed by atoms with Gasteiger partial charge in [0.15, 0.2) is 0 Å². The molecular formula is C22H31N. The minimum atomic E-state index is 0.807. The Kier molecular flexibility index (Phi) is 6.85. The lowest BCUT2D eigenvalue weighted by atomic mass is 10.0. The van der Waals surface area contributed by atoms with Gasteiger partial charge in [0.1, 0.15) is 0 Å². The van der Waals surface area contributed by atoms with Crippen molar-refractivity contribution in [1.29, 1.82) is 0 Å². The quantitative estimate of drug-likeness (QED) is 0.597. The van der Waals surface area contributed by atoms with E-state index in [1.807, 2.05) is 0 Å². The summed E-state index contributed by atoms with van der Waals surface area (Å²) in [6.45, 7) is 9.00. The summed E-state index contributed by atoms with van der Waals surface area (Å²) in [4.78, 5) is 2.42. The Morgan fingerprint density at radius 1 is 0.826 bits per heavy atom. The minimum absolute atomic E-state index is 0.807. The Morgan fingerprint density at radius 3 is 1.83 bits per heavy atom. The predicted octanol–water partition coefficient (Wildman–Crippen LogP) is 5.78. The molecule has 2 aromatic carbocycles. The highest BCUT2D eigenvalue weighted by Gasteiger charge is 2.03. The molecule has 0 fully saturated rings. The second kappa shape index (κ2) is 8.88. The van der Waals surface area contributed by atoms with Gasteiger partial charge in [-0.3, -0.25) is 0 Å². The van der Waals surface area contributed by atoms with Gasteiger partial charge >= 0.3 is 0 Å². The van der Waals surface area contributed by atoms with Crippen LogP contribution in [0.1, 0.15) is 44.7 Å². The summed E-state index contributed by atoms with van der Waals surface area (Å²) in [6.07, 6.45) is 3.70. The van der Waals surface area contributed by atoms with Gasteiger partial charge in [0, 0.05) is 6.54 Å². The van der Waals surface area contributed by atoms with Crippen LogP contribution >= 0.6 is 0 Å². The van der Waals surface area contributed by atoms with Gasteiger partial charge in [0.2, 0.25) is 0 Å². The van der Waals surface area contributed by atoms with Crippen molar-refractivity contribution in [2.24, 2.45) is 5.92 Å². The minimum Gasteiger partial charge on any atom is -0.302 e. The number of benzene rings is 2. The maximum absolute atomic E-state index is 2.42. The molecule has 0 bridgehead atoms. The van der Waals surface area contributed by atoms with Crippen molar-refractivity contribution in [2.75, 3.05) is 13.6 Å². The zero-order valence-electron chi connectivity index (χ0n) is 15.2. The third-order valence-corrected chi connectivity index (χ3v) is 4.42. The predicted molar refractivity (Wildman–Crippen MR) is 102 cm³/mol. The summed E-state index contributed by atoms with van der Waals surface area (Å²) in [6, 6.07) is 17.9. The summed E-state index contributed by atoms with van der Waals surface area (Å²) in [5.41, 5.74) is 5.40. The first-order chi connectivity index (χ1) is 11.1. The van der Waals surface area contributed by atoms with Gasteiger partial charge in [-0.15, -0.1) is 0 Å². The van der Waals surface area contributed by atoms with Gasteiger partial charge in [-0.2, -0.15) is 0 Å². The number of hydrogen-bond donors (Lipinski definition) is 0. The van der Waals surface area contributed by atoms with E-state index in [9.17, 15) is 0 Å². The smallest absolute Gasteiger partial charge is 0.0230 e. The van der Waals surface area contributed by atoms with E-state index in [-0.39, 0.29) is 0 Å². The fraction of sp³-hybridized carbons (Fsp3) is 0.455. The lowest BCUT2D eigenvalue weighted by molar-refractivity contribution is 0.310. The maximum Gasteiger partial charge on any atom is 0.0230 e. The standard InChI is InChI=1S/C22H31N/c1-5-19-8-12-21(13-9-19)22-14-10-20(11-15-22)17-23(4)16-6-7-18(2)3/h8-15,18H,5-7,16-17H2,1-4H3. The number of hydrogen-bond acceptors (Lipinski definition) is 1. The van der Waals surface area contributed by atoms with E-state index in [0.29, 0.717) is 0 Å². The molecule has 0 spiro atoms. The first-order valence-corrected chi connectivity index (χ1v) is 8.95. The summed E-state index contributed by atoms with van der Waals surface area (Å²) in [5.74, 6) is 0.807. The molecule has 0 unspecified atom stereocenters. The molecule has 2 rings (SSSR count). The van der Waals surface area contributed by atoms with Crippen LogP contribution in [0.3, 0.4) is 0 Å². The van der Waals surface area contributed by atoms with E-state index in [2.05, 4.69) is 81.2 Å². The van der Waals surface area contributed by atoms with E-state index in [4.69, 9.17) is 0 Å². The van der Waals surface area contributed by atoms with Crippen molar-refractivity contribution in [3.8, 4) is 11.1 Å². The molecule has 0 aliphatic heterocycles. The molecule has 124 valence electrons. The summed E-state index contributed by atoms with van der Waals surface area (Å²) < 4.78 is 0. The molecule has 0 amide bonds. The van der Waals surface area contributed by atoms with Crippen molar-refractivity contribution >= 4 is 0 Å². The van der Waals surface area contributed by atoms with E-state index in [0.717, 1.165) is 18.9 Å². The Balaban J connectivity index is 1.90. The average molecular weight is 309 g/mol. The topological polar surface area (TPSA) is 3.24 Å². The molecule has 1 nitrogen and oxygen atoms in total. The van der Waals surface area contributed by atoms with Gasteiger partial charge in [-0.05, 0) is 61.0 Å². The van der Waals surface area contributed by atoms with Gasteiger partial charge in [-0.1, -0.05) is 69.3 Å². The van der Waals surface area contributed by atoms with E-state index in [1.165, 1.54) is 41.6 Å². The molecule has 0 saturated carbocycles. The Morgan fingerprint density at radius 2 is 1.35 bits per heavy atom. The van der Waals surface area contributed by atoms with Crippen LogP contribution in [0.2, 0.25) is 0 Å². The van der Waals surface area contributed by atoms with E-state index < -0.39 is 0 Å². The number of aryl methyl sites for hydroxylation is 1. The van der Waals surface area contributed by atoms with Crippen molar-refractivity contribution in [3.05, 3.63) is 59.7 Å². The molecule has 0 N–H and O–H groups in total. The summed E-state index contributed by atoms with van der Waals surface area (Å²) in [7, 11) is 2.22. The van der Waals surface area contributed by atoms with Crippen LogP contribution in [0.25, 0.3) is 11.1 Å². The highest BCUT2D eigenvalue weighted by molar-refractivity contribution is 5.63. The third kappa shape index (κ3) is 5.84. The van der Waals surface area contributed by atoms with Crippen LogP contribution < -0.4 is 0 Å². The zero-order chi connectivity index (χ0) is 16.7. The molecule has 0 saturated heterocycles. The molecule has 2 aromatic rings. The Hall–Kier alpha value is -1.60. The maximum atomic E-state index is 2.42.